The molecule has 1 aliphatic rings. The second-order valence-corrected chi connectivity index (χ2v) is 4.62. The van der Waals surface area contributed by atoms with Gasteiger partial charge in [0.2, 0.25) is 5.91 Å². The summed E-state index contributed by atoms with van der Waals surface area (Å²) in [5.74, 6) is 1.45. The number of hydrogen-bond donors (Lipinski definition) is 1. The topological polar surface area (TPSA) is 29.1 Å². The first kappa shape index (κ1) is 11.8. The van der Waals surface area contributed by atoms with Crippen LogP contribution in [0.3, 0.4) is 0 Å². The molecule has 1 unspecified atom stereocenters. The van der Waals surface area contributed by atoms with E-state index in [1.165, 1.54) is 25.7 Å². The van der Waals surface area contributed by atoms with E-state index in [4.69, 9.17) is 11.6 Å². The van der Waals surface area contributed by atoms with Gasteiger partial charge in [-0.25, -0.2) is 0 Å². The second-order valence-electron chi connectivity index (χ2n) is 4.31. The highest BCUT2D eigenvalue weighted by atomic mass is 35.5. The van der Waals surface area contributed by atoms with Crippen LogP contribution in [0.5, 0.6) is 0 Å². The van der Waals surface area contributed by atoms with Gasteiger partial charge in [0.15, 0.2) is 0 Å². The quantitative estimate of drug-likeness (QED) is 0.705. The number of alkyl halides is 1. The van der Waals surface area contributed by atoms with Crippen LogP contribution in [-0.2, 0) is 4.79 Å². The Morgan fingerprint density at radius 2 is 2.14 bits per heavy atom. The van der Waals surface area contributed by atoms with Gasteiger partial charge in [0, 0.05) is 18.3 Å². The average Bonchev–Trinajstić information content (AvgIpc) is 2.67. The van der Waals surface area contributed by atoms with Crippen LogP contribution in [-0.4, -0.2) is 17.8 Å². The Balaban J connectivity index is 2.08. The highest BCUT2D eigenvalue weighted by molar-refractivity contribution is 6.18. The molecule has 0 aromatic rings. The fraction of sp³-hybridized carbons (Fsp3) is 0.909. The summed E-state index contributed by atoms with van der Waals surface area (Å²) >= 11 is 5.61. The second kappa shape index (κ2) is 6.28. The van der Waals surface area contributed by atoms with Crippen molar-refractivity contribution in [1.82, 2.24) is 5.32 Å². The van der Waals surface area contributed by atoms with E-state index >= 15 is 0 Å². The molecule has 1 saturated carbocycles. The molecule has 1 atom stereocenters. The van der Waals surface area contributed by atoms with Gasteiger partial charge < -0.3 is 5.32 Å². The fourth-order valence-corrected chi connectivity index (χ4v) is 2.10. The van der Waals surface area contributed by atoms with Crippen molar-refractivity contribution >= 4 is 17.5 Å². The molecule has 2 nitrogen and oxygen atoms in total. The molecule has 0 bridgehead atoms. The molecule has 1 amide bonds. The Kier molecular flexibility index (Phi) is 5.31. The van der Waals surface area contributed by atoms with E-state index in [0.29, 0.717) is 12.3 Å². The summed E-state index contributed by atoms with van der Waals surface area (Å²) in [6.07, 6.45) is 7.07. The van der Waals surface area contributed by atoms with Gasteiger partial charge >= 0.3 is 0 Å². The third-order valence-corrected chi connectivity index (χ3v) is 3.36. The maximum absolute atomic E-state index is 11.4. The number of rotatable bonds is 5. The van der Waals surface area contributed by atoms with E-state index in [1.807, 2.05) is 6.92 Å². The predicted molar refractivity (Wildman–Crippen MR) is 59.5 cm³/mol. The van der Waals surface area contributed by atoms with Gasteiger partial charge in [-0.15, -0.1) is 11.6 Å². The standard InChI is InChI=1S/C11H20ClNO/c1-9(8-12)13-11(14)7-6-10-4-2-3-5-10/h9-10H,2-8H2,1H3,(H,13,14). The van der Waals surface area contributed by atoms with Gasteiger partial charge in [0.05, 0.1) is 0 Å². The first-order valence-electron chi connectivity index (χ1n) is 5.57. The van der Waals surface area contributed by atoms with Crippen LogP contribution < -0.4 is 5.32 Å². The van der Waals surface area contributed by atoms with Crippen LogP contribution in [0.2, 0.25) is 0 Å². The summed E-state index contributed by atoms with van der Waals surface area (Å²) in [4.78, 5) is 11.4. The Morgan fingerprint density at radius 3 is 2.71 bits per heavy atom. The lowest BCUT2D eigenvalue weighted by molar-refractivity contribution is -0.121. The van der Waals surface area contributed by atoms with Gasteiger partial charge in [-0.3, -0.25) is 4.79 Å². The van der Waals surface area contributed by atoms with Crippen molar-refractivity contribution in [1.29, 1.82) is 0 Å². The van der Waals surface area contributed by atoms with Crippen LogP contribution >= 0.6 is 11.6 Å². The average molecular weight is 218 g/mol. The third kappa shape index (κ3) is 4.32. The van der Waals surface area contributed by atoms with Gasteiger partial charge in [-0.1, -0.05) is 25.7 Å². The van der Waals surface area contributed by atoms with Crippen LogP contribution in [0, 0.1) is 5.92 Å². The summed E-state index contributed by atoms with van der Waals surface area (Å²) < 4.78 is 0. The first-order valence-corrected chi connectivity index (χ1v) is 6.11. The number of amides is 1. The summed E-state index contributed by atoms with van der Waals surface area (Å²) in [6, 6.07) is 0.104. The van der Waals surface area contributed by atoms with Gasteiger partial charge in [-0.05, 0) is 19.3 Å². The number of carbonyl (C=O) groups is 1. The molecular formula is C11H20ClNO. The Labute approximate surface area is 91.4 Å². The molecule has 0 spiro atoms. The van der Waals surface area contributed by atoms with E-state index in [0.717, 1.165) is 12.3 Å². The lowest BCUT2D eigenvalue weighted by atomic mass is 10.0. The molecule has 82 valence electrons. The van der Waals surface area contributed by atoms with E-state index in [-0.39, 0.29) is 11.9 Å². The Morgan fingerprint density at radius 1 is 1.50 bits per heavy atom. The third-order valence-electron chi connectivity index (χ3n) is 2.89. The molecule has 0 aromatic heterocycles. The molecule has 3 heteroatoms. The van der Waals surface area contributed by atoms with Crippen LogP contribution in [0.4, 0.5) is 0 Å². The largest absolute Gasteiger partial charge is 0.352 e. The SMILES string of the molecule is CC(CCl)NC(=O)CCC1CCCC1. The number of carbonyl (C=O) groups excluding carboxylic acids is 1. The molecule has 1 rings (SSSR count). The molecule has 1 aliphatic carbocycles. The van der Waals surface area contributed by atoms with Crippen molar-refractivity contribution in [2.24, 2.45) is 5.92 Å². The van der Waals surface area contributed by atoms with E-state index in [2.05, 4.69) is 5.32 Å². The van der Waals surface area contributed by atoms with Crippen LogP contribution in [0.15, 0.2) is 0 Å². The maximum atomic E-state index is 11.4. The monoisotopic (exact) mass is 217 g/mol. The molecule has 0 aliphatic heterocycles. The number of nitrogens with one attached hydrogen (secondary N) is 1. The van der Waals surface area contributed by atoms with Crippen molar-refractivity contribution in [3.05, 3.63) is 0 Å². The fourth-order valence-electron chi connectivity index (χ4n) is 2.02. The minimum absolute atomic E-state index is 0.104. The molecular weight excluding hydrogens is 198 g/mol. The zero-order valence-corrected chi connectivity index (χ0v) is 9.65. The molecule has 0 saturated heterocycles. The summed E-state index contributed by atoms with van der Waals surface area (Å²) in [7, 11) is 0. The Hall–Kier alpha value is -0.240. The molecule has 0 aromatic carbocycles. The van der Waals surface area contributed by atoms with Crippen molar-refractivity contribution < 1.29 is 4.79 Å². The molecule has 0 heterocycles. The van der Waals surface area contributed by atoms with Crippen molar-refractivity contribution in [2.45, 2.75) is 51.5 Å². The lowest BCUT2D eigenvalue weighted by Gasteiger charge is -2.12. The summed E-state index contributed by atoms with van der Waals surface area (Å²) in [6.45, 7) is 1.93. The van der Waals surface area contributed by atoms with Gasteiger partial charge in [0.25, 0.3) is 0 Å². The van der Waals surface area contributed by atoms with Crippen LogP contribution in [0.1, 0.15) is 45.4 Å². The summed E-state index contributed by atoms with van der Waals surface area (Å²) in [5, 5.41) is 2.88. The zero-order valence-electron chi connectivity index (χ0n) is 8.89. The molecule has 14 heavy (non-hydrogen) atoms. The normalized spacial score (nSPS) is 19.6. The number of halogens is 1. The smallest absolute Gasteiger partial charge is 0.220 e. The lowest BCUT2D eigenvalue weighted by Crippen LogP contribution is -2.33. The van der Waals surface area contributed by atoms with Crippen molar-refractivity contribution in [3.63, 3.8) is 0 Å². The summed E-state index contributed by atoms with van der Waals surface area (Å²) in [5.41, 5.74) is 0. The zero-order chi connectivity index (χ0) is 10.4. The molecule has 1 fully saturated rings. The Bertz CT molecular complexity index is 178. The van der Waals surface area contributed by atoms with Crippen molar-refractivity contribution in [3.8, 4) is 0 Å². The predicted octanol–water partition coefficient (Wildman–Crippen LogP) is 2.70. The number of hydrogen-bond acceptors (Lipinski definition) is 1. The minimum atomic E-state index is 0.104. The molecule has 1 N–H and O–H groups in total. The van der Waals surface area contributed by atoms with Crippen LogP contribution in [0.25, 0.3) is 0 Å². The maximum Gasteiger partial charge on any atom is 0.220 e. The first-order chi connectivity index (χ1) is 6.72. The van der Waals surface area contributed by atoms with Gasteiger partial charge in [-0.2, -0.15) is 0 Å². The van der Waals surface area contributed by atoms with E-state index in [9.17, 15) is 4.79 Å². The highest BCUT2D eigenvalue weighted by Gasteiger charge is 2.16. The van der Waals surface area contributed by atoms with E-state index in [1.54, 1.807) is 0 Å². The molecule has 0 radical (unpaired) electrons. The minimum Gasteiger partial charge on any atom is -0.352 e. The van der Waals surface area contributed by atoms with Crippen molar-refractivity contribution in [2.75, 3.05) is 5.88 Å². The van der Waals surface area contributed by atoms with Gasteiger partial charge in [0.1, 0.15) is 0 Å². The van der Waals surface area contributed by atoms with E-state index < -0.39 is 0 Å². The highest BCUT2D eigenvalue weighted by Crippen LogP contribution is 2.28.